The lowest BCUT2D eigenvalue weighted by molar-refractivity contribution is -0.123. The molecule has 2 atom stereocenters. The van der Waals surface area contributed by atoms with E-state index in [1.165, 1.54) is 55.4 Å². The van der Waals surface area contributed by atoms with Crippen molar-refractivity contribution in [1.82, 2.24) is 0 Å². The summed E-state index contributed by atoms with van der Waals surface area (Å²) in [6.07, 6.45) is 13.8. The number of alkyl halides is 1. The zero-order valence-electron chi connectivity index (χ0n) is 15.8. The molecule has 1 N–H and O–H groups in total. The summed E-state index contributed by atoms with van der Waals surface area (Å²) in [5, 5.41) is 13.7. The van der Waals surface area contributed by atoms with Gasteiger partial charge in [-0.25, -0.2) is 0 Å². The standard InChI is InChI=1S/C22H27BrN2OS/c23-22-9-14-6-15(10-22)8-21(7-14,13-22)11-19(26)25-20-17(12-24)16-4-2-1-3-5-18(16)27-20/h14-15H,1-11,13H2,(H,25,26)/t14-,15-,21?,22?/m0/s1. The van der Waals surface area contributed by atoms with E-state index >= 15 is 0 Å². The summed E-state index contributed by atoms with van der Waals surface area (Å²) >= 11 is 5.70. The van der Waals surface area contributed by atoms with Gasteiger partial charge in [0, 0.05) is 15.6 Å². The third kappa shape index (κ3) is 3.27. The molecule has 5 heteroatoms. The lowest BCUT2D eigenvalue weighted by Gasteiger charge is -2.60. The van der Waals surface area contributed by atoms with Crippen LogP contribution in [-0.2, 0) is 17.6 Å². The number of nitriles is 1. The van der Waals surface area contributed by atoms with Gasteiger partial charge in [0.25, 0.3) is 0 Å². The van der Waals surface area contributed by atoms with Crippen LogP contribution in [0.2, 0.25) is 0 Å². The Morgan fingerprint density at radius 1 is 1.19 bits per heavy atom. The van der Waals surface area contributed by atoms with Crippen LogP contribution in [-0.4, -0.2) is 10.2 Å². The third-order valence-electron chi connectivity index (χ3n) is 7.43. The van der Waals surface area contributed by atoms with Gasteiger partial charge in [0.05, 0.1) is 5.56 Å². The van der Waals surface area contributed by atoms with E-state index in [1.54, 1.807) is 11.3 Å². The minimum absolute atomic E-state index is 0.126. The van der Waals surface area contributed by atoms with Crippen molar-refractivity contribution in [3.63, 3.8) is 0 Å². The van der Waals surface area contributed by atoms with Gasteiger partial charge >= 0.3 is 0 Å². The first kappa shape index (κ1) is 18.2. The zero-order valence-corrected chi connectivity index (χ0v) is 18.2. The first-order valence-electron chi connectivity index (χ1n) is 10.5. The van der Waals surface area contributed by atoms with Gasteiger partial charge in [-0.3, -0.25) is 4.79 Å². The maximum absolute atomic E-state index is 13.0. The average molecular weight is 447 g/mol. The largest absolute Gasteiger partial charge is 0.317 e. The molecule has 5 aliphatic rings. The minimum atomic E-state index is 0.126. The summed E-state index contributed by atoms with van der Waals surface area (Å²) in [7, 11) is 0. The van der Waals surface area contributed by atoms with Gasteiger partial charge in [-0.15, -0.1) is 11.3 Å². The number of fused-ring (bicyclic) bond motifs is 1. The predicted molar refractivity (Wildman–Crippen MR) is 112 cm³/mol. The van der Waals surface area contributed by atoms with Crippen LogP contribution in [0.4, 0.5) is 5.00 Å². The second kappa shape index (κ2) is 6.59. The summed E-state index contributed by atoms with van der Waals surface area (Å²) in [5.41, 5.74) is 2.14. The Kier molecular flexibility index (Phi) is 4.44. The van der Waals surface area contributed by atoms with Crippen molar-refractivity contribution < 1.29 is 4.79 Å². The molecule has 1 aromatic rings. The number of halogens is 1. The quantitative estimate of drug-likeness (QED) is 0.460. The summed E-state index contributed by atoms with van der Waals surface area (Å²) in [6.45, 7) is 0. The van der Waals surface area contributed by atoms with Gasteiger partial charge in [-0.1, -0.05) is 22.4 Å². The molecule has 4 fully saturated rings. The van der Waals surface area contributed by atoms with E-state index in [0.717, 1.165) is 48.1 Å². The summed E-state index contributed by atoms with van der Waals surface area (Å²) in [6, 6.07) is 2.39. The van der Waals surface area contributed by atoms with Crippen LogP contribution in [0.3, 0.4) is 0 Å². The van der Waals surface area contributed by atoms with Gasteiger partial charge in [-0.2, -0.15) is 5.26 Å². The van der Waals surface area contributed by atoms with E-state index in [0.29, 0.717) is 6.42 Å². The average Bonchev–Trinajstić information content (AvgIpc) is 2.72. The van der Waals surface area contributed by atoms with Crippen molar-refractivity contribution in [2.45, 2.75) is 81.4 Å². The lowest BCUT2D eigenvalue weighted by atomic mass is 9.48. The highest BCUT2D eigenvalue weighted by molar-refractivity contribution is 9.10. The van der Waals surface area contributed by atoms with Gasteiger partial charge in [0.2, 0.25) is 5.91 Å². The fourth-order valence-corrected chi connectivity index (χ4v) is 9.77. The molecule has 1 heterocycles. The molecule has 0 aromatic carbocycles. The number of nitrogens with zero attached hydrogens (tertiary/aromatic N) is 1. The zero-order chi connectivity index (χ0) is 18.6. The van der Waals surface area contributed by atoms with Gasteiger partial charge in [-0.05, 0) is 87.0 Å². The van der Waals surface area contributed by atoms with Crippen molar-refractivity contribution in [3.8, 4) is 6.07 Å². The van der Waals surface area contributed by atoms with Crippen molar-refractivity contribution in [2.24, 2.45) is 17.3 Å². The fourth-order valence-electron chi connectivity index (χ4n) is 7.00. The second-order valence-electron chi connectivity index (χ2n) is 9.72. The molecule has 0 saturated heterocycles. The number of aryl methyl sites for hydroxylation is 1. The maximum Gasteiger partial charge on any atom is 0.225 e. The van der Waals surface area contributed by atoms with Crippen molar-refractivity contribution >= 4 is 38.2 Å². The Hall–Kier alpha value is -0.860. The highest BCUT2D eigenvalue weighted by Crippen LogP contribution is 2.65. The van der Waals surface area contributed by atoms with Gasteiger partial charge < -0.3 is 5.32 Å². The van der Waals surface area contributed by atoms with Crippen LogP contribution in [0.5, 0.6) is 0 Å². The number of amides is 1. The first-order chi connectivity index (χ1) is 13.0. The molecule has 144 valence electrons. The molecule has 27 heavy (non-hydrogen) atoms. The van der Waals surface area contributed by atoms with Crippen LogP contribution < -0.4 is 5.32 Å². The number of hydrogen-bond donors (Lipinski definition) is 1. The molecular formula is C22H27BrN2OS. The Balaban J connectivity index is 1.34. The molecule has 6 rings (SSSR count). The monoisotopic (exact) mass is 446 g/mol. The minimum Gasteiger partial charge on any atom is -0.317 e. The summed E-state index contributed by atoms with van der Waals surface area (Å²) in [4.78, 5) is 14.3. The molecular weight excluding hydrogens is 420 g/mol. The predicted octanol–water partition coefficient (Wildman–Crippen LogP) is 5.95. The Labute approximate surface area is 174 Å². The molecule has 0 radical (unpaired) electrons. The molecule has 0 spiro atoms. The Bertz CT molecular complexity index is 809. The molecule has 4 saturated carbocycles. The number of thiophene rings is 1. The van der Waals surface area contributed by atoms with E-state index < -0.39 is 0 Å². The second-order valence-corrected chi connectivity index (χ2v) is 12.5. The summed E-state index contributed by atoms with van der Waals surface area (Å²) in [5.74, 6) is 1.72. The van der Waals surface area contributed by atoms with Gasteiger partial charge in [0.1, 0.15) is 11.1 Å². The molecule has 4 bridgehead atoms. The molecule has 0 aliphatic heterocycles. The van der Waals surface area contributed by atoms with Crippen LogP contribution >= 0.6 is 27.3 Å². The number of nitrogens with one attached hydrogen (secondary N) is 1. The van der Waals surface area contributed by atoms with Crippen molar-refractivity contribution in [3.05, 3.63) is 16.0 Å². The van der Waals surface area contributed by atoms with Crippen molar-refractivity contribution in [2.75, 3.05) is 5.32 Å². The third-order valence-corrected chi connectivity index (χ3v) is 9.57. The normalized spacial score (nSPS) is 36.7. The first-order valence-corrected chi connectivity index (χ1v) is 12.1. The maximum atomic E-state index is 13.0. The summed E-state index contributed by atoms with van der Waals surface area (Å²) < 4.78 is 0.287. The van der Waals surface area contributed by atoms with E-state index in [1.807, 2.05) is 0 Å². The molecule has 0 unspecified atom stereocenters. The molecule has 3 nitrogen and oxygen atoms in total. The van der Waals surface area contributed by atoms with Crippen LogP contribution in [0.25, 0.3) is 0 Å². The lowest BCUT2D eigenvalue weighted by Crippen LogP contribution is -2.53. The number of hydrogen-bond acceptors (Lipinski definition) is 3. The number of rotatable bonds is 3. The highest BCUT2D eigenvalue weighted by Gasteiger charge is 2.57. The number of anilines is 1. The van der Waals surface area contributed by atoms with E-state index in [4.69, 9.17) is 0 Å². The number of carbonyl (C=O) groups excluding carboxylic acids is 1. The van der Waals surface area contributed by atoms with Crippen LogP contribution in [0.1, 0.15) is 80.2 Å². The van der Waals surface area contributed by atoms with E-state index in [9.17, 15) is 10.1 Å². The van der Waals surface area contributed by atoms with Crippen LogP contribution in [0.15, 0.2) is 0 Å². The molecule has 1 amide bonds. The smallest absolute Gasteiger partial charge is 0.225 e. The van der Waals surface area contributed by atoms with E-state index in [-0.39, 0.29) is 15.6 Å². The SMILES string of the molecule is N#Cc1c(NC(=O)CC23C[C@@H]4C[C@H](CC(Br)(C4)C2)C3)sc2c1CCCCC2. The fraction of sp³-hybridized carbons (Fsp3) is 0.727. The highest BCUT2D eigenvalue weighted by atomic mass is 79.9. The molecule has 5 aliphatic carbocycles. The Morgan fingerprint density at radius 3 is 2.63 bits per heavy atom. The Morgan fingerprint density at radius 2 is 1.93 bits per heavy atom. The topological polar surface area (TPSA) is 52.9 Å². The van der Waals surface area contributed by atoms with E-state index in [2.05, 4.69) is 27.3 Å². The van der Waals surface area contributed by atoms with Crippen LogP contribution in [0, 0.1) is 28.6 Å². The number of carbonyl (C=O) groups is 1. The van der Waals surface area contributed by atoms with Crippen molar-refractivity contribution in [1.29, 1.82) is 5.26 Å². The van der Waals surface area contributed by atoms with Gasteiger partial charge in [0.15, 0.2) is 0 Å². The molecule has 1 aromatic heterocycles.